The summed E-state index contributed by atoms with van der Waals surface area (Å²) in [5, 5.41) is 0.585. The highest BCUT2D eigenvalue weighted by molar-refractivity contribution is 9.09. The van der Waals surface area contributed by atoms with Gasteiger partial charge in [-0.3, -0.25) is 4.79 Å². The van der Waals surface area contributed by atoms with E-state index in [1.54, 1.807) is 0 Å². The van der Waals surface area contributed by atoms with Crippen LogP contribution >= 0.6 is 27.9 Å². The molecule has 0 aliphatic carbocycles. The second-order valence-corrected chi connectivity index (χ2v) is 3.85. The molecule has 1 fully saturated rings. The van der Waals surface area contributed by atoms with Crippen molar-refractivity contribution >= 4 is 33.0 Å². The molecule has 11 heavy (non-hydrogen) atoms. The van der Waals surface area contributed by atoms with E-state index in [9.17, 15) is 4.79 Å². The maximum atomic E-state index is 10.9. The lowest BCUT2D eigenvalue weighted by Crippen LogP contribution is -2.32. The smallest absolute Gasteiger partial charge is 0.214 e. The molecular formula is C6H10BrNO2S. The summed E-state index contributed by atoms with van der Waals surface area (Å²) in [5.41, 5.74) is 0. The van der Waals surface area contributed by atoms with Gasteiger partial charge in [0.25, 0.3) is 0 Å². The number of nitrogens with zero attached hydrogens (tertiary/aromatic N) is 1. The molecular weight excluding hydrogens is 230 g/mol. The monoisotopic (exact) mass is 239 g/mol. The molecule has 1 aliphatic heterocycles. The minimum absolute atomic E-state index is 0.159. The van der Waals surface area contributed by atoms with Crippen molar-refractivity contribution in [3.63, 3.8) is 0 Å². The van der Waals surface area contributed by atoms with Crippen LogP contribution in [0.4, 0.5) is 0 Å². The number of carbonyl (C=O) groups excluding carboxylic acids is 1. The third kappa shape index (κ3) is 3.55. The van der Waals surface area contributed by atoms with Crippen molar-refractivity contribution in [3.8, 4) is 0 Å². The van der Waals surface area contributed by atoms with E-state index in [-0.39, 0.29) is 5.12 Å². The Morgan fingerprint density at radius 2 is 2.18 bits per heavy atom. The lowest BCUT2D eigenvalue weighted by Gasteiger charge is -2.23. The number of halogens is 1. The van der Waals surface area contributed by atoms with E-state index in [1.807, 2.05) is 4.31 Å². The lowest BCUT2D eigenvalue weighted by molar-refractivity contribution is -0.109. The number of hydrogen-bond acceptors (Lipinski definition) is 4. The van der Waals surface area contributed by atoms with Crippen molar-refractivity contribution < 1.29 is 9.53 Å². The van der Waals surface area contributed by atoms with Gasteiger partial charge in [-0.25, -0.2) is 4.31 Å². The zero-order valence-corrected chi connectivity index (χ0v) is 8.49. The first-order valence-electron chi connectivity index (χ1n) is 3.42. The summed E-state index contributed by atoms with van der Waals surface area (Å²) in [4.78, 5) is 10.9. The predicted molar refractivity (Wildman–Crippen MR) is 48.8 cm³/mol. The Hall–Kier alpha value is 0.420. The average Bonchev–Trinajstić information content (AvgIpc) is 2.06. The van der Waals surface area contributed by atoms with E-state index < -0.39 is 0 Å². The highest BCUT2D eigenvalue weighted by Gasteiger charge is 2.13. The molecule has 1 rings (SSSR count). The Kier molecular flexibility index (Phi) is 4.44. The third-order valence-corrected chi connectivity index (χ3v) is 3.16. The Bertz CT molecular complexity index is 139. The van der Waals surface area contributed by atoms with Crippen molar-refractivity contribution in [2.75, 3.05) is 31.6 Å². The highest BCUT2D eigenvalue weighted by Crippen LogP contribution is 2.13. The lowest BCUT2D eigenvalue weighted by atomic mass is 10.5. The molecule has 0 spiro atoms. The Labute approximate surface area is 78.7 Å². The first kappa shape index (κ1) is 9.51. The second kappa shape index (κ2) is 5.13. The zero-order valence-electron chi connectivity index (χ0n) is 6.09. The number of carbonyl (C=O) groups is 1. The van der Waals surface area contributed by atoms with Gasteiger partial charge in [-0.2, -0.15) is 0 Å². The zero-order chi connectivity index (χ0) is 8.10. The van der Waals surface area contributed by atoms with E-state index in [4.69, 9.17) is 4.74 Å². The van der Waals surface area contributed by atoms with Crippen LogP contribution in [0.2, 0.25) is 0 Å². The van der Waals surface area contributed by atoms with Crippen LogP contribution in [-0.4, -0.2) is 41.1 Å². The van der Waals surface area contributed by atoms with E-state index in [2.05, 4.69) is 15.9 Å². The number of morpholine rings is 1. The van der Waals surface area contributed by atoms with Crippen LogP contribution in [0.15, 0.2) is 0 Å². The topological polar surface area (TPSA) is 29.5 Å². The fraction of sp³-hybridized carbons (Fsp3) is 0.833. The first-order valence-corrected chi connectivity index (χ1v) is 5.32. The molecule has 0 radical (unpaired) electrons. The SMILES string of the molecule is O=C(CBr)SN1CCOCC1. The fourth-order valence-electron chi connectivity index (χ4n) is 0.806. The van der Waals surface area contributed by atoms with Gasteiger partial charge in [0.2, 0.25) is 5.12 Å². The minimum Gasteiger partial charge on any atom is -0.379 e. The molecule has 64 valence electrons. The molecule has 3 nitrogen and oxygen atoms in total. The molecule has 0 unspecified atom stereocenters. The molecule has 5 heteroatoms. The number of hydrogen-bond donors (Lipinski definition) is 0. The van der Waals surface area contributed by atoms with Gasteiger partial charge in [0.15, 0.2) is 0 Å². The molecule has 0 atom stereocenters. The van der Waals surface area contributed by atoms with E-state index in [1.165, 1.54) is 11.9 Å². The molecule has 0 amide bonds. The third-order valence-electron chi connectivity index (χ3n) is 1.31. The molecule has 1 saturated heterocycles. The van der Waals surface area contributed by atoms with Gasteiger partial charge in [0.1, 0.15) is 0 Å². The van der Waals surface area contributed by atoms with Crippen LogP contribution in [0, 0.1) is 0 Å². The largest absolute Gasteiger partial charge is 0.379 e. The van der Waals surface area contributed by atoms with E-state index >= 15 is 0 Å². The molecule has 1 aliphatic rings. The summed E-state index contributed by atoms with van der Waals surface area (Å²) in [6.45, 7) is 3.18. The minimum atomic E-state index is 0.159. The molecule has 0 aromatic carbocycles. The maximum absolute atomic E-state index is 10.9. The van der Waals surface area contributed by atoms with Crippen LogP contribution in [0.25, 0.3) is 0 Å². The standard InChI is InChI=1S/C6H10BrNO2S/c7-5-6(9)11-8-1-3-10-4-2-8/h1-5H2. The van der Waals surface area contributed by atoms with Gasteiger partial charge in [-0.05, 0) is 11.9 Å². The predicted octanol–water partition coefficient (Wildman–Crippen LogP) is 0.888. The molecule has 0 N–H and O–H groups in total. The van der Waals surface area contributed by atoms with Crippen molar-refractivity contribution in [3.05, 3.63) is 0 Å². The van der Waals surface area contributed by atoms with Crippen LogP contribution in [0.1, 0.15) is 0 Å². The van der Waals surface area contributed by atoms with Gasteiger partial charge in [0, 0.05) is 13.1 Å². The molecule has 0 bridgehead atoms. The Morgan fingerprint density at radius 3 is 2.73 bits per heavy atom. The van der Waals surface area contributed by atoms with Crippen LogP contribution < -0.4 is 0 Å². The number of alkyl halides is 1. The van der Waals surface area contributed by atoms with Crippen molar-refractivity contribution in [1.82, 2.24) is 4.31 Å². The summed E-state index contributed by atoms with van der Waals surface area (Å²) in [6.07, 6.45) is 0. The van der Waals surface area contributed by atoms with Crippen LogP contribution in [-0.2, 0) is 9.53 Å². The van der Waals surface area contributed by atoms with Crippen molar-refractivity contribution in [1.29, 1.82) is 0 Å². The van der Waals surface area contributed by atoms with E-state index in [0.717, 1.165) is 26.3 Å². The van der Waals surface area contributed by atoms with Gasteiger partial charge >= 0.3 is 0 Å². The molecule has 0 aromatic rings. The first-order chi connectivity index (χ1) is 5.33. The average molecular weight is 240 g/mol. The Balaban J connectivity index is 2.19. The maximum Gasteiger partial charge on any atom is 0.214 e. The van der Waals surface area contributed by atoms with Crippen LogP contribution in [0.3, 0.4) is 0 Å². The normalized spacial score (nSPS) is 20.1. The summed E-state index contributed by atoms with van der Waals surface area (Å²) >= 11 is 4.40. The van der Waals surface area contributed by atoms with Gasteiger partial charge < -0.3 is 4.74 Å². The quantitative estimate of drug-likeness (QED) is 0.529. The summed E-state index contributed by atoms with van der Waals surface area (Å²) in [6, 6.07) is 0. The molecule has 0 aromatic heterocycles. The van der Waals surface area contributed by atoms with Crippen LogP contribution in [0.5, 0.6) is 0 Å². The molecule has 0 saturated carbocycles. The Morgan fingerprint density at radius 1 is 1.55 bits per heavy atom. The summed E-state index contributed by atoms with van der Waals surface area (Å²) in [5.74, 6) is 0. The highest BCUT2D eigenvalue weighted by atomic mass is 79.9. The molecule has 1 heterocycles. The second-order valence-electron chi connectivity index (χ2n) is 2.14. The fourth-order valence-corrected chi connectivity index (χ4v) is 1.78. The number of rotatable bonds is 2. The van der Waals surface area contributed by atoms with Gasteiger partial charge in [-0.15, -0.1) is 0 Å². The summed E-state index contributed by atoms with van der Waals surface area (Å²) in [7, 11) is 0. The van der Waals surface area contributed by atoms with Gasteiger partial charge in [-0.1, -0.05) is 15.9 Å². The summed E-state index contributed by atoms with van der Waals surface area (Å²) < 4.78 is 7.17. The number of ether oxygens (including phenoxy) is 1. The van der Waals surface area contributed by atoms with Crippen molar-refractivity contribution in [2.24, 2.45) is 0 Å². The van der Waals surface area contributed by atoms with Crippen molar-refractivity contribution in [2.45, 2.75) is 0 Å². The van der Waals surface area contributed by atoms with E-state index in [0.29, 0.717) is 5.33 Å². The van der Waals surface area contributed by atoms with Gasteiger partial charge in [0.05, 0.1) is 18.5 Å².